The number of rotatable bonds is 10. The van der Waals surface area contributed by atoms with Gasteiger partial charge in [-0.1, -0.05) is 18.2 Å². The zero-order valence-corrected chi connectivity index (χ0v) is 18.6. The van der Waals surface area contributed by atoms with E-state index in [2.05, 4.69) is 21.2 Å². The van der Waals surface area contributed by atoms with Gasteiger partial charge in [0.2, 0.25) is 0 Å². The molecule has 0 saturated carbocycles. The minimum atomic E-state index is -3.24. The summed E-state index contributed by atoms with van der Waals surface area (Å²) in [6.07, 6.45) is 1.58. The average Bonchev–Trinajstić information content (AvgIpc) is 2.81. The van der Waals surface area contributed by atoms with Crippen LogP contribution in [0.15, 0.2) is 94.0 Å². The summed E-state index contributed by atoms with van der Waals surface area (Å²) in [5, 5.41) is 17.4. The van der Waals surface area contributed by atoms with Crippen LogP contribution in [0.5, 0.6) is 5.75 Å². The number of nitrogens with zero attached hydrogens (tertiary/aromatic N) is 4. The smallest absolute Gasteiger partial charge is 0.175 e. The molecule has 0 spiro atoms. The number of ether oxygens (including phenoxy) is 1. The first-order chi connectivity index (χ1) is 15.5. The van der Waals surface area contributed by atoms with Gasteiger partial charge in [-0.2, -0.15) is 15.5 Å². The van der Waals surface area contributed by atoms with E-state index in [1.165, 1.54) is 18.4 Å². The first-order valence-corrected chi connectivity index (χ1v) is 12.0. The van der Waals surface area contributed by atoms with Gasteiger partial charge in [0.15, 0.2) is 9.84 Å². The van der Waals surface area contributed by atoms with Crippen LogP contribution in [-0.4, -0.2) is 34.4 Å². The predicted molar refractivity (Wildman–Crippen MR) is 125 cm³/mol. The molecule has 8 heteroatoms. The molecule has 3 rings (SSSR count). The quantitative estimate of drug-likeness (QED) is 0.392. The van der Waals surface area contributed by atoms with Crippen molar-refractivity contribution in [2.75, 3.05) is 30.9 Å². The molecule has 164 valence electrons. The summed E-state index contributed by atoms with van der Waals surface area (Å²) in [5.74, 6) is 0.813. The zero-order chi connectivity index (χ0) is 22.8. The number of para-hydroxylation sites is 1. The Morgan fingerprint density at radius 1 is 0.875 bits per heavy atom. The lowest BCUT2D eigenvalue weighted by atomic mass is 10.2. The first kappa shape index (κ1) is 23.0. The van der Waals surface area contributed by atoms with Gasteiger partial charge in [0.1, 0.15) is 12.4 Å². The molecular formula is C24H24N4O3S. The molecule has 0 aliphatic carbocycles. The highest BCUT2D eigenvalue weighted by molar-refractivity contribution is 7.90. The van der Waals surface area contributed by atoms with Crippen molar-refractivity contribution >= 4 is 26.9 Å². The number of azo groups is 1. The lowest BCUT2D eigenvalue weighted by Crippen LogP contribution is -2.29. The molecule has 0 saturated heterocycles. The fraction of sp³-hybridized carbons (Fsp3) is 0.208. The van der Waals surface area contributed by atoms with Crippen LogP contribution >= 0.6 is 0 Å². The van der Waals surface area contributed by atoms with Crippen LogP contribution in [0, 0.1) is 11.3 Å². The summed E-state index contributed by atoms with van der Waals surface area (Å²) in [6, 6.07) is 25.6. The molecule has 0 bridgehead atoms. The van der Waals surface area contributed by atoms with E-state index < -0.39 is 9.84 Å². The summed E-state index contributed by atoms with van der Waals surface area (Å²) in [6.45, 7) is 1.74. The maximum absolute atomic E-state index is 11.5. The fourth-order valence-electron chi connectivity index (χ4n) is 2.95. The third-order valence-corrected chi connectivity index (χ3v) is 5.76. The second kappa shape index (κ2) is 11.1. The molecule has 0 unspecified atom stereocenters. The SMILES string of the molecule is CS(=O)(=O)c1ccc(N=Nc2ccc(N(CCC#N)CCOc3ccccc3)cc2)cc1. The molecule has 0 radical (unpaired) electrons. The van der Waals surface area contributed by atoms with Gasteiger partial charge >= 0.3 is 0 Å². The molecule has 3 aromatic carbocycles. The molecule has 0 N–H and O–H groups in total. The lowest BCUT2D eigenvalue weighted by molar-refractivity contribution is 0.324. The maximum atomic E-state index is 11.5. The van der Waals surface area contributed by atoms with E-state index in [1.807, 2.05) is 54.6 Å². The Morgan fingerprint density at radius 2 is 1.47 bits per heavy atom. The second-order valence-corrected chi connectivity index (χ2v) is 9.05. The number of hydrogen-bond donors (Lipinski definition) is 0. The van der Waals surface area contributed by atoms with Gasteiger partial charge in [-0.25, -0.2) is 8.42 Å². The molecule has 0 fully saturated rings. The fourth-order valence-corrected chi connectivity index (χ4v) is 3.58. The van der Waals surface area contributed by atoms with E-state index in [9.17, 15) is 8.42 Å². The molecule has 32 heavy (non-hydrogen) atoms. The Kier molecular flexibility index (Phi) is 7.95. The van der Waals surface area contributed by atoms with Gasteiger partial charge in [-0.15, -0.1) is 0 Å². The van der Waals surface area contributed by atoms with Gasteiger partial charge in [0.25, 0.3) is 0 Å². The standard InChI is InChI=1S/C24H24N4O3S/c1-32(29,30)24-14-10-21(11-15-24)27-26-20-8-12-22(13-9-20)28(17-5-16-25)18-19-31-23-6-3-2-4-7-23/h2-4,6-15H,5,17-19H2,1H3. The highest BCUT2D eigenvalue weighted by Crippen LogP contribution is 2.23. The van der Waals surface area contributed by atoms with Crippen LogP contribution in [-0.2, 0) is 9.84 Å². The Morgan fingerprint density at radius 3 is 2.03 bits per heavy atom. The topological polar surface area (TPSA) is 95.1 Å². The molecule has 0 atom stereocenters. The van der Waals surface area contributed by atoms with Crippen molar-refractivity contribution in [3.63, 3.8) is 0 Å². The average molecular weight is 449 g/mol. The molecule has 3 aromatic rings. The maximum Gasteiger partial charge on any atom is 0.175 e. The minimum absolute atomic E-state index is 0.245. The zero-order valence-electron chi connectivity index (χ0n) is 17.8. The van der Waals surface area contributed by atoms with Gasteiger partial charge < -0.3 is 9.64 Å². The van der Waals surface area contributed by atoms with Crippen molar-refractivity contribution in [3.8, 4) is 11.8 Å². The van der Waals surface area contributed by atoms with E-state index in [1.54, 1.807) is 12.1 Å². The van der Waals surface area contributed by atoms with E-state index >= 15 is 0 Å². The third-order valence-electron chi connectivity index (χ3n) is 4.63. The highest BCUT2D eigenvalue weighted by Gasteiger charge is 2.08. The molecular weight excluding hydrogens is 424 g/mol. The highest BCUT2D eigenvalue weighted by atomic mass is 32.2. The third kappa shape index (κ3) is 6.93. The van der Waals surface area contributed by atoms with Crippen LogP contribution in [0.1, 0.15) is 6.42 Å². The van der Waals surface area contributed by atoms with E-state index in [4.69, 9.17) is 10.00 Å². The molecule has 7 nitrogen and oxygen atoms in total. The molecule has 0 aliphatic heterocycles. The van der Waals surface area contributed by atoms with Crippen molar-refractivity contribution in [3.05, 3.63) is 78.9 Å². The summed E-state index contributed by atoms with van der Waals surface area (Å²) >= 11 is 0. The number of benzene rings is 3. The predicted octanol–water partition coefficient (Wildman–Crippen LogP) is 5.30. The number of anilines is 1. The van der Waals surface area contributed by atoms with Gasteiger partial charge in [-0.05, 0) is 60.7 Å². The van der Waals surface area contributed by atoms with Crippen LogP contribution in [0.2, 0.25) is 0 Å². The Balaban J connectivity index is 1.62. The first-order valence-electron chi connectivity index (χ1n) is 10.1. The van der Waals surface area contributed by atoms with Crippen LogP contribution in [0.3, 0.4) is 0 Å². The van der Waals surface area contributed by atoms with Gasteiger partial charge in [0.05, 0.1) is 35.3 Å². The number of sulfone groups is 1. The Labute approximate surface area is 188 Å². The lowest BCUT2D eigenvalue weighted by Gasteiger charge is -2.24. The monoisotopic (exact) mass is 448 g/mol. The van der Waals surface area contributed by atoms with Gasteiger partial charge in [0, 0.05) is 18.5 Å². The summed E-state index contributed by atoms with van der Waals surface area (Å²) in [7, 11) is -3.24. The Bertz CT molecular complexity index is 1170. The van der Waals surface area contributed by atoms with E-state index in [0.29, 0.717) is 37.5 Å². The van der Waals surface area contributed by atoms with Crippen molar-refractivity contribution in [1.82, 2.24) is 0 Å². The van der Waals surface area contributed by atoms with Crippen molar-refractivity contribution < 1.29 is 13.2 Å². The van der Waals surface area contributed by atoms with Crippen molar-refractivity contribution in [2.24, 2.45) is 10.2 Å². The summed E-state index contributed by atoms with van der Waals surface area (Å²) < 4.78 is 28.8. The Hall–Kier alpha value is -3.70. The van der Waals surface area contributed by atoms with Crippen LogP contribution in [0.25, 0.3) is 0 Å². The van der Waals surface area contributed by atoms with Crippen molar-refractivity contribution in [2.45, 2.75) is 11.3 Å². The normalized spacial score (nSPS) is 11.2. The second-order valence-electron chi connectivity index (χ2n) is 7.04. The van der Waals surface area contributed by atoms with Crippen LogP contribution in [0.4, 0.5) is 17.1 Å². The van der Waals surface area contributed by atoms with E-state index in [0.717, 1.165) is 11.4 Å². The van der Waals surface area contributed by atoms with Crippen molar-refractivity contribution in [1.29, 1.82) is 5.26 Å². The number of hydrogen-bond acceptors (Lipinski definition) is 7. The van der Waals surface area contributed by atoms with E-state index in [-0.39, 0.29) is 4.90 Å². The molecule has 0 aromatic heterocycles. The molecule has 0 heterocycles. The van der Waals surface area contributed by atoms with Gasteiger partial charge in [-0.3, -0.25) is 0 Å². The minimum Gasteiger partial charge on any atom is -0.492 e. The summed E-state index contributed by atoms with van der Waals surface area (Å²) in [4.78, 5) is 2.34. The summed E-state index contributed by atoms with van der Waals surface area (Å²) in [5.41, 5.74) is 2.20. The number of nitriles is 1. The molecule has 0 amide bonds. The molecule has 0 aliphatic rings. The largest absolute Gasteiger partial charge is 0.492 e. The van der Waals surface area contributed by atoms with Crippen LogP contribution < -0.4 is 9.64 Å².